The number of aromatic nitrogens is 2. The average Bonchev–Trinajstić information content (AvgIpc) is 3.33. The van der Waals surface area contributed by atoms with Gasteiger partial charge in [-0.1, -0.05) is 24.3 Å². The van der Waals surface area contributed by atoms with Gasteiger partial charge in [0, 0.05) is 37.1 Å². The maximum Gasteiger partial charge on any atom is 0.321 e. The quantitative estimate of drug-likeness (QED) is 0.642. The number of likely N-dealkylation sites (tertiary alicyclic amines) is 1. The van der Waals surface area contributed by atoms with Crippen molar-refractivity contribution in [1.29, 1.82) is 0 Å². The molecule has 1 aliphatic heterocycles. The summed E-state index contributed by atoms with van der Waals surface area (Å²) < 4.78 is 1.67. The minimum Gasteiger partial charge on any atom is -0.352 e. The summed E-state index contributed by atoms with van der Waals surface area (Å²) in [7, 11) is 0. The zero-order chi connectivity index (χ0) is 21.6. The second-order valence-corrected chi connectivity index (χ2v) is 7.60. The second kappa shape index (κ2) is 9.42. The lowest BCUT2D eigenvalue weighted by molar-refractivity contribution is -0.121. The van der Waals surface area contributed by atoms with E-state index in [1.165, 1.54) is 6.20 Å². The summed E-state index contributed by atoms with van der Waals surface area (Å²) in [5.74, 6) is -0.115. The van der Waals surface area contributed by atoms with E-state index in [4.69, 9.17) is 0 Å². The van der Waals surface area contributed by atoms with Gasteiger partial charge in [-0.3, -0.25) is 14.3 Å². The van der Waals surface area contributed by atoms with Crippen molar-refractivity contribution in [2.75, 3.05) is 18.4 Å². The highest BCUT2D eigenvalue weighted by Gasteiger charge is 2.17. The van der Waals surface area contributed by atoms with Gasteiger partial charge < -0.3 is 15.5 Å². The molecule has 0 atom stereocenters. The molecule has 0 radical (unpaired) electrons. The standard InChI is InChI=1S/C23H25N5O3/c29-21-16-25-28(20-9-2-1-8-19(20)21)13-10-22(30)24-15-17-6-5-7-18(14-17)26-23(31)27-11-3-4-12-27/h1-2,5-9,14,16H,3-4,10-13,15H2,(H,24,30)(H,26,31). The summed E-state index contributed by atoms with van der Waals surface area (Å²) >= 11 is 0. The fourth-order valence-corrected chi connectivity index (χ4v) is 3.72. The number of rotatable bonds is 6. The predicted octanol–water partition coefficient (Wildman–Crippen LogP) is 2.73. The van der Waals surface area contributed by atoms with Crippen LogP contribution in [0, 0.1) is 0 Å². The first kappa shape index (κ1) is 20.6. The molecular formula is C23H25N5O3. The van der Waals surface area contributed by atoms with Gasteiger partial charge in [0.25, 0.3) is 0 Å². The van der Waals surface area contributed by atoms with Crippen molar-refractivity contribution in [2.24, 2.45) is 0 Å². The predicted molar refractivity (Wildman–Crippen MR) is 119 cm³/mol. The van der Waals surface area contributed by atoms with Crippen LogP contribution in [-0.4, -0.2) is 39.7 Å². The number of hydrogen-bond donors (Lipinski definition) is 2. The monoisotopic (exact) mass is 419 g/mol. The molecule has 0 bridgehead atoms. The van der Waals surface area contributed by atoms with E-state index in [9.17, 15) is 14.4 Å². The molecule has 0 unspecified atom stereocenters. The summed E-state index contributed by atoms with van der Waals surface area (Å²) in [6.45, 7) is 2.33. The summed E-state index contributed by atoms with van der Waals surface area (Å²) in [6.07, 6.45) is 3.61. The van der Waals surface area contributed by atoms with Gasteiger partial charge in [0.15, 0.2) is 0 Å². The number of anilines is 1. The lowest BCUT2D eigenvalue weighted by Crippen LogP contribution is -2.32. The van der Waals surface area contributed by atoms with E-state index in [0.29, 0.717) is 29.7 Å². The first-order valence-corrected chi connectivity index (χ1v) is 10.5. The van der Waals surface area contributed by atoms with E-state index in [0.717, 1.165) is 31.5 Å². The van der Waals surface area contributed by atoms with Crippen molar-refractivity contribution in [1.82, 2.24) is 20.0 Å². The van der Waals surface area contributed by atoms with Crippen molar-refractivity contribution >= 4 is 28.5 Å². The molecule has 2 aromatic carbocycles. The molecule has 8 nitrogen and oxygen atoms in total. The Labute approximate surface area is 179 Å². The van der Waals surface area contributed by atoms with Gasteiger partial charge in [0.1, 0.15) is 0 Å². The maximum atomic E-state index is 12.3. The molecule has 1 aromatic heterocycles. The summed E-state index contributed by atoms with van der Waals surface area (Å²) in [6, 6.07) is 14.6. The number of para-hydroxylation sites is 1. The maximum absolute atomic E-state index is 12.3. The molecule has 31 heavy (non-hydrogen) atoms. The SMILES string of the molecule is O=C(CCn1ncc(=O)c2ccccc21)NCc1cccc(NC(=O)N2CCCC2)c1. The number of carbonyl (C=O) groups is 2. The van der Waals surface area contributed by atoms with E-state index < -0.39 is 0 Å². The molecule has 0 aliphatic carbocycles. The van der Waals surface area contributed by atoms with Gasteiger partial charge in [-0.25, -0.2) is 4.79 Å². The van der Waals surface area contributed by atoms with Crippen LogP contribution in [0.4, 0.5) is 10.5 Å². The fraction of sp³-hybridized carbons (Fsp3) is 0.304. The highest BCUT2D eigenvalue weighted by atomic mass is 16.2. The number of amides is 3. The van der Waals surface area contributed by atoms with Crippen LogP contribution < -0.4 is 16.1 Å². The zero-order valence-corrected chi connectivity index (χ0v) is 17.2. The number of carbonyl (C=O) groups excluding carboxylic acids is 2. The Hall–Kier alpha value is -3.68. The molecule has 1 saturated heterocycles. The average molecular weight is 419 g/mol. The Morgan fingerprint density at radius 1 is 1.03 bits per heavy atom. The molecule has 0 saturated carbocycles. The van der Waals surface area contributed by atoms with Crippen molar-refractivity contribution < 1.29 is 9.59 Å². The number of benzene rings is 2. The Bertz CT molecular complexity index is 1150. The van der Waals surface area contributed by atoms with E-state index in [1.54, 1.807) is 10.7 Å². The fourth-order valence-electron chi connectivity index (χ4n) is 3.72. The van der Waals surface area contributed by atoms with Gasteiger partial charge >= 0.3 is 6.03 Å². The summed E-state index contributed by atoms with van der Waals surface area (Å²) in [5, 5.41) is 10.6. The first-order valence-electron chi connectivity index (χ1n) is 10.5. The number of aryl methyl sites for hydroxylation is 1. The molecule has 3 amide bonds. The van der Waals surface area contributed by atoms with Gasteiger partial charge in [-0.15, -0.1) is 0 Å². The van der Waals surface area contributed by atoms with E-state index in [1.807, 2.05) is 47.4 Å². The molecule has 8 heteroatoms. The molecule has 1 fully saturated rings. The number of nitrogens with one attached hydrogen (secondary N) is 2. The third kappa shape index (κ3) is 5.09. The number of fused-ring (bicyclic) bond motifs is 1. The van der Waals surface area contributed by atoms with Crippen molar-refractivity contribution in [3.8, 4) is 0 Å². The highest BCUT2D eigenvalue weighted by molar-refractivity contribution is 5.89. The van der Waals surface area contributed by atoms with Crippen LogP contribution in [0.15, 0.2) is 59.5 Å². The number of nitrogens with zero attached hydrogens (tertiary/aromatic N) is 3. The van der Waals surface area contributed by atoms with Crippen molar-refractivity contribution in [2.45, 2.75) is 32.4 Å². The van der Waals surface area contributed by atoms with Gasteiger partial charge in [-0.05, 0) is 42.7 Å². The molecule has 1 aliphatic rings. The van der Waals surface area contributed by atoms with Crippen molar-refractivity contribution in [3.05, 3.63) is 70.5 Å². The third-order valence-corrected chi connectivity index (χ3v) is 5.37. The molecule has 3 aromatic rings. The molecule has 4 rings (SSSR count). The molecule has 160 valence electrons. The molecule has 2 N–H and O–H groups in total. The van der Waals surface area contributed by atoms with Crippen LogP contribution in [0.3, 0.4) is 0 Å². The lowest BCUT2D eigenvalue weighted by atomic mass is 10.2. The van der Waals surface area contributed by atoms with E-state index >= 15 is 0 Å². The van der Waals surface area contributed by atoms with E-state index in [-0.39, 0.29) is 23.8 Å². The highest BCUT2D eigenvalue weighted by Crippen LogP contribution is 2.14. The Kier molecular flexibility index (Phi) is 6.26. The topological polar surface area (TPSA) is 96.3 Å². The lowest BCUT2D eigenvalue weighted by Gasteiger charge is -2.16. The van der Waals surface area contributed by atoms with Gasteiger partial charge in [0.2, 0.25) is 11.3 Å². The van der Waals surface area contributed by atoms with E-state index in [2.05, 4.69) is 15.7 Å². The largest absolute Gasteiger partial charge is 0.352 e. The van der Waals surface area contributed by atoms with Crippen LogP contribution >= 0.6 is 0 Å². The first-order chi connectivity index (χ1) is 15.1. The second-order valence-electron chi connectivity index (χ2n) is 7.60. The van der Waals surface area contributed by atoms with Crippen LogP contribution in [0.2, 0.25) is 0 Å². The number of hydrogen-bond acceptors (Lipinski definition) is 4. The van der Waals surface area contributed by atoms with Crippen molar-refractivity contribution in [3.63, 3.8) is 0 Å². The van der Waals surface area contributed by atoms with Crippen LogP contribution in [0.1, 0.15) is 24.8 Å². The minimum atomic E-state index is -0.131. The van der Waals surface area contributed by atoms with Crippen LogP contribution in [0.5, 0.6) is 0 Å². The molecular weight excluding hydrogens is 394 g/mol. The van der Waals surface area contributed by atoms with Crippen LogP contribution in [-0.2, 0) is 17.9 Å². The molecule has 2 heterocycles. The van der Waals surface area contributed by atoms with Gasteiger partial charge in [-0.2, -0.15) is 5.10 Å². The smallest absolute Gasteiger partial charge is 0.321 e. The minimum absolute atomic E-state index is 0.0838. The van der Waals surface area contributed by atoms with Crippen LogP contribution in [0.25, 0.3) is 10.9 Å². The molecule has 0 spiro atoms. The summed E-state index contributed by atoms with van der Waals surface area (Å²) in [5.41, 5.74) is 2.20. The number of urea groups is 1. The summed E-state index contributed by atoms with van der Waals surface area (Å²) in [4.78, 5) is 38.3. The zero-order valence-electron chi connectivity index (χ0n) is 17.2. The van der Waals surface area contributed by atoms with Gasteiger partial charge in [0.05, 0.1) is 18.3 Å². The Morgan fingerprint density at radius 3 is 2.68 bits per heavy atom. The normalized spacial score (nSPS) is 13.4. The third-order valence-electron chi connectivity index (χ3n) is 5.37. The Morgan fingerprint density at radius 2 is 1.84 bits per heavy atom. The Balaban J connectivity index is 1.31.